The molecule has 64 valence electrons. The summed E-state index contributed by atoms with van der Waals surface area (Å²) in [4.78, 5) is 2.24. The number of nitrogens with two attached hydrogens (primary N) is 1. The van der Waals surface area contributed by atoms with E-state index in [4.69, 9.17) is 11.1 Å². The molecule has 1 fully saturated rings. The zero-order chi connectivity index (χ0) is 8.27. The van der Waals surface area contributed by atoms with Crippen molar-refractivity contribution in [3.8, 4) is 0 Å². The van der Waals surface area contributed by atoms with Crippen LogP contribution < -0.4 is 5.73 Å². The number of nitrogens with one attached hydrogen (secondary N) is 1. The summed E-state index contributed by atoms with van der Waals surface area (Å²) in [6, 6.07) is 0. The second-order valence-corrected chi connectivity index (χ2v) is 4.49. The molecular formula is C7H15N3S. The van der Waals surface area contributed by atoms with Crippen molar-refractivity contribution in [1.29, 1.82) is 5.41 Å². The van der Waals surface area contributed by atoms with Crippen LogP contribution in [0.4, 0.5) is 0 Å². The number of nitrogens with zero attached hydrogens (tertiary/aromatic N) is 1. The molecule has 1 heterocycles. The normalized spacial score (nSPS) is 26.8. The SMILES string of the molecule is CC1CN(CC(=N)N)CCS1. The Labute approximate surface area is 71.8 Å². The van der Waals surface area contributed by atoms with Gasteiger partial charge in [0, 0.05) is 24.1 Å². The largest absolute Gasteiger partial charge is 0.387 e. The summed E-state index contributed by atoms with van der Waals surface area (Å²) in [7, 11) is 0. The zero-order valence-electron chi connectivity index (χ0n) is 6.84. The predicted molar refractivity (Wildman–Crippen MR) is 50.3 cm³/mol. The molecule has 0 bridgehead atoms. The highest BCUT2D eigenvalue weighted by Gasteiger charge is 2.16. The standard InChI is InChI=1S/C7H15N3S/c1-6-4-10(2-3-11-6)5-7(8)9/h6H,2-5H2,1H3,(H3,8,9). The lowest BCUT2D eigenvalue weighted by atomic mass is 10.3. The van der Waals surface area contributed by atoms with E-state index >= 15 is 0 Å². The van der Waals surface area contributed by atoms with Gasteiger partial charge in [0.25, 0.3) is 0 Å². The van der Waals surface area contributed by atoms with E-state index in [1.807, 2.05) is 11.8 Å². The Morgan fingerprint density at radius 3 is 3.09 bits per heavy atom. The summed E-state index contributed by atoms with van der Waals surface area (Å²) in [5, 5.41) is 7.82. The van der Waals surface area contributed by atoms with E-state index in [-0.39, 0.29) is 5.84 Å². The van der Waals surface area contributed by atoms with Crippen LogP contribution >= 0.6 is 11.8 Å². The first-order valence-corrected chi connectivity index (χ1v) is 4.90. The van der Waals surface area contributed by atoms with Crippen LogP contribution in [0.25, 0.3) is 0 Å². The molecule has 0 saturated carbocycles. The van der Waals surface area contributed by atoms with Crippen LogP contribution in [-0.4, -0.2) is 41.4 Å². The third kappa shape index (κ3) is 3.12. The van der Waals surface area contributed by atoms with Crippen molar-refractivity contribution in [2.24, 2.45) is 5.73 Å². The van der Waals surface area contributed by atoms with Gasteiger partial charge in [0.2, 0.25) is 0 Å². The van der Waals surface area contributed by atoms with E-state index in [1.54, 1.807) is 0 Å². The lowest BCUT2D eigenvalue weighted by Gasteiger charge is -2.29. The molecule has 1 unspecified atom stereocenters. The van der Waals surface area contributed by atoms with Gasteiger partial charge in [0.05, 0.1) is 6.54 Å². The highest BCUT2D eigenvalue weighted by molar-refractivity contribution is 7.99. The number of thioether (sulfide) groups is 1. The molecule has 3 N–H and O–H groups in total. The molecule has 0 amide bonds. The maximum Gasteiger partial charge on any atom is 0.105 e. The van der Waals surface area contributed by atoms with Crippen molar-refractivity contribution >= 4 is 17.6 Å². The van der Waals surface area contributed by atoms with Crippen LogP contribution in [0.2, 0.25) is 0 Å². The summed E-state index contributed by atoms with van der Waals surface area (Å²) in [5.74, 6) is 1.46. The van der Waals surface area contributed by atoms with Crippen LogP contribution in [0.15, 0.2) is 0 Å². The minimum atomic E-state index is 0.282. The second-order valence-electron chi connectivity index (χ2n) is 2.94. The van der Waals surface area contributed by atoms with Gasteiger partial charge in [-0.05, 0) is 0 Å². The van der Waals surface area contributed by atoms with Crippen molar-refractivity contribution in [2.45, 2.75) is 12.2 Å². The van der Waals surface area contributed by atoms with Crippen LogP contribution in [-0.2, 0) is 0 Å². The van der Waals surface area contributed by atoms with E-state index < -0.39 is 0 Å². The molecule has 0 aromatic heterocycles. The Hall–Kier alpha value is -0.220. The average molecular weight is 173 g/mol. The Bertz CT molecular complexity index is 149. The fourth-order valence-corrected chi connectivity index (χ4v) is 2.36. The third-order valence-corrected chi connectivity index (χ3v) is 2.86. The molecule has 0 aliphatic carbocycles. The molecule has 1 atom stereocenters. The minimum absolute atomic E-state index is 0.282. The average Bonchev–Trinajstić information content (AvgIpc) is 1.85. The molecule has 0 spiro atoms. The summed E-state index contributed by atoms with van der Waals surface area (Å²) in [6.07, 6.45) is 0. The molecule has 0 aromatic rings. The maximum absolute atomic E-state index is 7.13. The van der Waals surface area contributed by atoms with E-state index in [9.17, 15) is 0 Å². The summed E-state index contributed by atoms with van der Waals surface area (Å²) in [5.41, 5.74) is 5.30. The molecule has 0 aromatic carbocycles. The monoisotopic (exact) mass is 173 g/mol. The van der Waals surface area contributed by atoms with Gasteiger partial charge in [-0.25, -0.2) is 0 Å². The predicted octanol–water partition coefficient (Wildman–Crippen LogP) is 0.360. The van der Waals surface area contributed by atoms with Crippen LogP contribution in [0, 0.1) is 5.41 Å². The summed E-state index contributed by atoms with van der Waals surface area (Å²) >= 11 is 2.00. The van der Waals surface area contributed by atoms with Crippen LogP contribution in [0.5, 0.6) is 0 Å². The Morgan fingerprint density at radius 1 is 1.82 bits per heavy atom. The van der Waals surface area contributed by atoms with E-state index in [0.29, 0.717) is 11.8 Å². The molecule has 4 heteroatoms. The zero-order valence-corrected chi connectivity index (χ0v) is 7.66. The number of hydrogen-bond donors (Lipinski definition) is 2. The van der Waals surface area contributed by atoms with Crippen molar-refractivity contribution in [3.05, 3.63) is 0 Å². The van der Waals surface area contributed by atoms with Gasteiger partial charge < -0.3 is 5.73 Å². The van der Waals surface area contributed by atoms with Crippen molar-refractivity contribution < 1.29 is 0 Å². The first-order valence-electron chi connectivity index (χ1n) is 3.85. The lowest BCUT2D eigenvalue weighted by molar-refractivity contribution is 0.325. The smallest absolute Gasteiger partial charge is 0.105 e. The molecule has 11 heavy (non-hydrogen) atoms. The summed E-state index contributed by atoms with van der Waals surface area (Å²) in [6.45, 7) is 5.01. The topological polar surface area (TPSA) is 53.1 Å². The van der Waals surface area contributed by atoms with Gasteiger partial charge in [0.1, 0.15) is 5.84 Å². The second kappa shape index (κ2) is 3.97. The van der Waals surface area contributed by atoms with Crippen LogP contribution in [0.1, 0.15) is 6.92 Å². The molecule has 0 radical (unpaired) electrons. The van der Waals surface area contributed by atoms with Gasteiger partial charge in [-0.2, -0.15) is 11.8 Å². The number of rotatable bonds is 2. The fourth-order valence-electron chi connectivity index (χ4n) is 1.28. The molecule has 1 rings (SSSR count). The first-order chi connectivity index (χ1) is 5.18. The van der Waals surface area contributed by atoms with Crippen LogP contribution in [0.3, 0.4) is 0 Å². The lowest BCUT2D eigenvalue weighted by Crippen LogP contribution is -2.41. The van der Waals surface area contributed by atoms with E-state index in [2.05, 4.69) is 11.8 Å². The van der Waals surface area contributed by atoms with Gasteiger partial charge in [-0.15, -0.1) is 0 Å². The Morgan fingerprint density at radius 2 is 2.55 bits per heavy atom. The highest BCUT2D eigenvalue weighted by atomic mass is 32.2. The first kappa shape index (κ1) is 8.87. The van der Waals surface area contributed by atoms with Crippen molar-refractivity contribution in [1.82, 2.24) is 4.90 Å². The fraction of sp³-hybridized carbons (Fsp3) is 0.857. The van der Waals surface area contributed by atoms with E-state index in [0.717, 1.165) is 13.1 Å². The highest BCUT2D eigenvalue weighted by Crippen LogP contribution is 2.16. The number of hydrogen-bond acceptors (Lipinski definition) is 3. The van der Waals surface area contributed by atoms with Crippen molar-refractivity contribution in [3.63, 3.8) is 0 Å². The molecule has 1 aliphatic rings. The molecule has 1 aliphatic heterocycles. The third-order valence-electron chi connectivity index (χ3n) is 1.72. The Kier molecular flexibility index (Phi) is 3.20. The maximum atomic E-state index is 7.13. The molecular weight excluding hydrogens is 158 g/mol. The number of amidine groups is 1. The van der Waals surface area contributed by atoms with Gasteiger partial charge in [0.15, 0.2) is 0 Å². The minimum Gasteiger partial charge on any atom is -0.387 e. The van der Waals surface area contributed by atoms with Gasteiger partial charge in [-0.3, -0.25) is 10.3 Å². The van der Waals surface area contributed by atoms with Crippen molar-refractivity contribution in [2.75, 3.05) is 25.4 Å². The quantitative estimate of drug-likeness (QED) is 0.468. The van der Waals surface area contributed by atoms with Gasteiger partial charge >= 0.3 is 0 Å². The molecule has 3 nitrogen and oxygen atoms in total. The summed E-state index contributed by atoms with van der Waals surface area (Å²) < 4.78 is 0. The molecule has 1 saturated heterocycles. The van der Waals surface area contributed by atoms with Gasteiger partial charge in [-0.1, -0.05) is 6.92 Å². The van der Waals surface area contributed by atoms with E-state index in [1.165, 1.54) is 5.75 Å². The Balaban J connectivity index is 2.28.